The third-order valence-electron chi connectivity index (χ3n) is 3.06. The second-order valence-corrected chi connectivity index (χ2v) is 6.92. The van der Waals surface area contributed by atoms with Crippen molar-refractivity contribution in [1.29, 1.82) is 0 Å². The number of hydrogen-bond acceptors (Lipinski definition) is 4. The fourth-order valence-corrected chi connectivity index (χ4v) is 3.59. The van der Waals surface area contributed by atoms with Crippen molar-refractivity contribution in [2.24, 2.45) is 0 Å². The minimum atomic E-state index is -3.34. The quantitative estimate of drug-likeness (QED) is 0.800. The van der Waals surface area contributed by atoms with Gasteiger partial charge in [-0.25, -0.2) is 8.42 Å². The molecule has 0 aliphatic carbocycles. The standard InChI is InChI=1S/C11H10ClN3O2S/c1-7-6-15-10(8-4-2-3-5-9(8)12)13-14-11(15)18(7,16)17/h2-5,7H,6H2,1H3. The van der Waals surface area contributed by atoms with Crippen LogP contribution in [0.25, 0.3) is 11.4 Å². The van der Waals surface area contributed by atoms with Crippen molar-refractivity contribution in [3.05, 3.63) is 29.3 Å². The third-order valence-corrected chi connectivity index (χ3v) is 5.40. The van der Waals surface area contributed by atoms with Crippen LogP contribution in [0, 0.1) is 0 Å². The lowest BCUT2D eigenvalue weighted by Crippen LogP contribution is -2.13. The normalized spacial score (nSPS) is 20.9. The van der Waals surface area contributed by atoms with Crippen LogP contribution in [0.4, 0.5) is 0 Å². The van der Waals surface area contributed by atoms with Crippen LogP contribution in [0.2, 0.25) is 5.02 Å². The summed E-state index contributed by atoms with van der Waals surface area (Å²) >= 11 is 6.09. The van der Waals surface area contributed by atoms with E-state index < -0.39 is 15.1 Å². The summed E-state index contributed by atoms with van der Waals surface area (Å²) in [6, 6.07) is 7.18. The number of hydrogen-bond donors (Lipinski definition) is 0. The van der Waals surface area contributed by atoms with E-state index in [1.807, 2.05) is 12.1 Å². The third kappa shape index (κ3) is 1.49. The van der Waals surface area contributed by atoms with E-state index in [2.05, 4.69) is 10.2 Å². The molecule has 0 spiro atoms. The van der Waals surface area contributed by atoms with Crippen molar-refractivity contribution in [2.75, 3.05) is 0 Å². The van der Waals surface area contributed by atoms with Gasteiger partial charge in [0.15, 0.2) is 5.82 Å². The number of sulfone groups is 1. The number of fused-ring (bicyclic) bond motifs is 1. The molecule has 2 heterocycles. The molecule has 2 aromatic rings. The Labute approximate surface area is 109 Å². The molecule has 1 aliphatic heterocycles. The van der Waals surface area contributed by atoms with Crippen LogP contribution < -0.4 is 0 Å². The van der Waals surface area contributed by atoms with Gasteiger partial charge in [0.2, 0.25) is 15.0 Å². The molecule has 7 heteroatoms. The van der Waals surface area contributed by atoms with Gasteiger partial charge >= 0.3 is 0 Å². The van der Waals surface area contributed by atoms with E-state index in [-0.39, 0.29) is 5.16 Å². The number of benzene rings is 1. The van der Waals surface area contributed by atoms with Gasteiger partial charge in [-0.1, -0.05) is 23.7 Å². The zero-order valence-electron chi connectivity index (χ0n) is 9.54. The Hall–Kier alpha value is -1.40. The first-order valence-corrected chi connectivity index (χ1v) is 7.36. The van der Waals surface area contributed by atoms with E-state index in [0.717, 1.165) is 0 Å². The predicted octanol–water partition coefficient (Wildman–Crippen LogP) is 1.77. The van der Waals surface area contributed by atoms with Gasteiger partial charge in [0.1, 0.15) is 0 Å². The van der Waals surface area contributed by atoms with E-state index in [1.54, 1.807) is 23.6 Å². The fourth-order valence-electron chi connectivity index (χ4n) is 2.04. The summed E-state index contributed by atoms with van der Waals surface area (Å²) in [6.45, 7) is 2.03. The molecule has 1 aromatic heterocycles. The zero-order chi connectivity index (χ0) is 12.9. The first-order valence-electron chi connectivity index (χ1n) is 5.44. The lowest BCUT2D eigenvalue weighted by Gasteiger charge is -2.04. The molecule has 94 valence electrons. The average molecular weight is 284 g/mol. The molecular weight excluding hydrogens is 274 g/mol. The molecule has 1 aromatic carbocycles. The Morgan fingerprint density at radius 3 is 2.78 bits per heavy atom. The summed E-state index contributed by atoms with van der Waals surface area (Å²) in [5.74, 6) is 0.503. The van der Waals surface area contributed by atoms with Crippen LogP contribution in [0.5, 0.6) is 0 Å². The van der Waals surface area contributed by atoms with Gasteiger partial charge < -0.3 is 0 Å². The largest absolute Gasteiger partial charge is 0.297 e. The Balaban J connectivity index is 2.23. The summed E-state index contributed by atoms with van der Waals surface area (Å²) < 4.78 is 25.5. The Kier molecular flexibility index (Phi) is 2.46. The maximum Gasteiger partial charge on any atom is 0.250 e. The van der Waals surface area contributed by atoms with Crippen molar-refractivity contribution < 1.29 is 8.42 Å². The summed E-state index contributed by atoms with van der Waals surface area (Å²) in [7, 11) is -3.34. The predicted molar refractivity (Wildman–Crippen MR) is 67.1 cm³/mol. The average Bonchev–Trinajstić information content (AvgIpc) is 2.82. The second kappa shape index (κ2) is 3.80. The van der Waals surface area contributed by atoms with Gasteiger partial charge in [0.05, 0.1) is 10.3 Å². The highest BCUT2D eigenvalue weighted by molar-refractivity contribution is 7.92. The minimum absolute atomic E-state index is 0.0323. The lowest BCUT2D eigenvalue weighted by molar-refractivity contribution is 0.586. The summed E-state index contributed by atoms with van der Waals surface area (Å²) in [6.07, 6.45) is 0. The van der Waals surface area contributed by atoms with Crippen molar-refractivity contribution in [1.82, 2.24) is 14.8 Å². The molecule has 0 saturated carbocycles. The van der Waals surface area contributed by atoms with Gasteiger partial charge in [-0.2, -0.15) is 0 Å². The van der Waals surface area contributed by atoms with E-state index >= 15 is 0 Å². The monoisotopic (exact) mass is 283 g/mol. The minimum Gasteiger partial charge on any atom is -0.297 e. The molecule has 1 aliphatic rings. The van der Waals surface area contributed by atoms with Gasteiger partial charge in [0, 0.05) is 12.1 Å². The van der Waals surface area contributed by atoms with Crippen LogP contribution >= 0.6 is 11.6 Å². The maximum atomic E-state index is 12.0. The SMILES string of the molecule is CC1Cn2c(-c3ccccc3Cl)nnc2S1(=O)=O. The number of nitrogens with zero attached hydrogens (tertiary/aromatic N) is 3. The first kappa shape index (κ1) is 11.7. The van der Waals surface area contributed by atoms with Gasteiger partial charge in [0.25, 0.3) is 0 Å². The Morgan fingerprint density at radius 1 is 1.33 bits per heavy atom. The maximum absolute atomic E-state index is 12.0. The van der Waals surface area contributed by atoms with Gasteiger partial charge in [-0.3, -0.25) is 4.57 Å². The molecule has 0 N–H and O–H groups in total. The van der Waals surface area contributed by atoms with Gasteiger partial charge in [-0.15, -0.1) is 10.2 Å². The molecule has 0 radical (unpaired) electrons. The van der Waals surface area contributed by atoms with Crippen molar-refractivity contribution in [2.45, 2.75) is 23.9 Å². The second-order valence-electron chi connectivity index (χ2n) is 4.25. The molecular formula is C11H10ClN3O2S. The molecule has 0 bridgehead atoms. The fraction of sp³-hybridized carbons (Fsp3) is 0.273. The highest BCUT2D eigenvalue weighted by Crippen LogP contribution is 2.32. The lowest BCUT2D eigenvalue weighted by atomic mass is 10.2. The molecule has 1 unspecified atom stereocenters. The van der Waals surface area contributed by atoms with E-state index in [9.17, 15) is 8.42 Å². The van der Waals surface area contributed by atoms with E-state index in [1.165, 1.54) is 0 Å². The topological polar surface area (TPSA) is 64.8 Å². The highest BCUT2D eigenvalue weighted by Gasteiger charge is 2.38. The molecule has 0 fully saturated rings. The molecule has 0 amide bonds. The van der Waals surface area contributed by atoms with Crippen molar-refractivity contribution in [3.63, 3.8) is 0 Å². The molecule has 1 atom stereocenters. The number of aromatic nitrogens is 3. The van der Waals surface area contributed by atoms with Crippen LogP contribution in [-0.4, -0.2) is 28.4 Å². The number of halogens is 1. The van der Waals surface area contributed by atoms with Crippen molar-refractivity contribution in [3.8, 4) is 11.4 Å². The van der Waals surface area contributed by atoms with Gasteiger partial charge in [-0.05, 0) is 19.1 Å². The number of rotatable bonds is 1. The molecule has 3 rings (SSSR count). The smallest absolute Gasteiger partial charge is 0.250 e. The van der Waals surface area contributed by atoms with Crippen LogP contribution in [0.3, 0.4) is 0 Å². The van der Waals surface area contributed by atoms with Crippen LogP contribution in [0.1, 0.15) is 6.92 Å². The van der Waals surface area contributed by atoms with Crippen molar-refractivity contribution >= 4 is 21.4 Å². The molecule has 18 heavy (non-hydrogen) atoms. The summed E-state index contributed by atoms with van der Waals surface area (Å²) in [5.41, 5.74) is 0.696. The van der Waals surface area contributed by atoms with E-state index in [4.69, 9.17) is 11.6 Å². The summed E-state index contributed by atoms with van der Waals surface area (Å²) in [4.78, 5) is 0. The van der Waals surface area contributed by atoms with E-state index in [0.29, 0.717) is 23.0 Å². The van der Waals surface area contributed by atoms with Crippen LogP contribution in [-0.2, 0) is 16.4 Å². The van der Waals surface area contributed by atoms with Crippen LogP contribution in [0.15, 0.2) is 29.4 Å². The highest BCUT2D eigenvalue weighted by atomic mass is 35.5. The Morgan fingerprint density at radius 2 is 2.06 bits per heavy atom. The molecule has 0 saturated heterocycles. The summed E-state index contributed by atoms with van der Waals surface area (Å²) in [5, 5.41) is 7.83. The Bertz CT molecular complexity index is 724. The first-order chi connectivity index (χ1) is 8.51. The molecule has 5 nitrogen and oxygen atoms in total. The zero-order valence-corrected chi connectivity index (χ0v) is 11.1.